The highest BCUT2D eigenvalue weighted by Crippen LogP contribution is 2.28. The summed E-state index contributed by atoms with van der Waals surface area (Å²) in [6.07, 6.45) is 0. The highest BCUT2D eigenvalue weighted by molar-refractivity contribution is 7.89. The van der Waals surface area contributed by atoms with Crippen LogP contribution in [0.4, 0.5) is 10.1 Å². The summed E-state index contributed by atoms with van der Waals surface area (Å²) in [6, 6.07) is 1.59. The molecule has 1 N–H and O–H groups in total. The number of nitro groups is 1. The number of sulfonamides is 1. The van der Waals surface area contributed by atoms with Gasteiger partial charge >= 0.3 is 5.69 Å². The second-order valence-corrected chi connectivity index (χ2v) is 7.19. The van der Waals surface area contributed by atoms with E-state index in [0.29, 0.717) is 13.2 Å². The summed E-state index contributed by atoms with van der Waals surface area (Å²) >= 11 is 0. The largest absolute Gasteiger partial charge is 0.380 e. The fraction of sp³-hybridized carbons (Fsp3) is 0.500. The first-order valence-electron chi connectivity index (χ1n) is 6.17. The van der Waals surface area contributed by atoms with E-state index in [1.807, 2.05) is 6.92 Å². The van der Waals surface area contributed by atoms with Crippen molar-refractivity contribution in [1.82, 2.24) is 4.72 Å². The molecule has 0 spiro atoms. The van der Waals surface area contributed by atoms with E-state index in [-0.39, 0.29) is 22.4 Å². The first-order valence-corrected chi connectivity index (χ1v) is 7.65. The minimum absolute atomic E-state index is 0.112. The van der Waals surface area contributed by atoms with Gasteiger partial charge in [-0.3, -0.25) is 10.1 Å². The van der Waals surface area contributed by atoms with Crippen LogP contribution in [0.2, 0.25) is 0 Å². The van der Waals surface area contributed by atoms with Crippen LogP contribution >= 0.6 is 0 Å². The number of rotatable bonds is 5. The third-order valence-corrected chi connectivity index (χ3v) is 4.86. The zero-order valence-electron chi connectivity index (χ0n) is 11.6. The lowest BCUT2D eigenvalue weighted by molar-refractivity contribution is -0.387. The summed E-state index contributed by atoms with van der Waals surface area (Å²) in [4.78, 5) is 9.48. The lowest BCUT2D eigenvalue weighted by Crippen LogP contribution is -2.48. The molecule has 0 radical (unpaired) electrons. The van der Waals surface area contributed by atoms with Crippen molar-refractivity contribution < 1.29 is 22.5 Å². The van der Waals surface area contributed by atoms with Crippen molar-refractivity contribution in [3.63, 3.8) is 0 Å². The molecule has 0 amide bonds. The SMILES string of the molecule is Cc1cc(F)c([N+](=O)[O-])cc1S(=O)(=O)NCC1(C)COC1. The van der Waals surface area contributed by atoms with Crippen LogP contribution in [0.5, 0.6) is 0 Å². The van der Waals surface area contributed by atoms with Crippen LogP contribution in [-0.2, 0) is 14.8 Å². The third-order valence-electron chi connectivity index (χ3n) is 3.32. The highest BCUT2D eigenvalue weighted by atomic mass is 32.2. The number of hydrogen-bond donors (Lipinski definition) is 1. The first kappa shape index (κ1) is 15.8. The van der Waals surface area contributed by atoms with Crippen molar-refractivity contribution >= 4 is 15.7 Å². The average Bonchev–Trinajstić information content (AvgIpc) is 2.33. The number of benzene rings is 1. The molecule has 9 heteroatoms. The Hall–Kier alpha value is -1.58. The Morgan fingerprint density at radius 2 is 2.10 bits per heavy atom. The Kier molecular flexibility index (Phi) is 4.00. The standard InChI is InChI=1S/C12H15FN2O5S/c1-8-3-9(13)10(15(16)17)4-11(8)21(18,19)14-5-12(2)6-20-7-12/h3-4,14H,5-7H2,1-2H3. The van der Waals surface area contributed by atoms with Gasteiger partial charge in [0.2, 0.25) is 15.8 Å². The average molecular weight is 318 g/mol. The summed E-state index contributed by atoms with van der Waals surface area (Å²) in [5.41, 5.74) is -1.03. The lowest BCUT2D eigenvalue weighted by atomic mass is 9.89. The van der Waals surface area contributed by atoms with Crippen molar-refractivity contribution in [2.24, 2.45) is 5.41 Å². The smallest absolute Gasteiger partial charge is 0.306 e. The van der Waals surface area contributed by atoms with Crippen LogP contribution in [0.25, 0.3) is 0 Å². The minimum atomic E-state index is -3.95. The number of aryl methyl sites for hydroxylation is 1. The molecule has 1 heterocycles. The number of halogens is 1. The van der Waals surface area contributed by atoms with Crippen LogP contribution in [-0.4, -0.2) is 33.1 Å². The molecule has 1 aliphatic heterocycles. The number of hydrogen-bond acceptors (Lipinski definition) is 5. The van der Waals surface area contributed by atoms with E-state index in [9.17, 15) is 22.9 Å². The third kappa shape index (κ3) is 3.20. The number of nitro benzene ring substituents is 1. The number of nitrogens with zero attached hydrogens (tertiary/aromatic N) is 1. The van der Waals surface area contributed by atoms with Gasteiger partial charge in [0.25, 0.3) is 0 Å². The second kappa shape index (κ2) is 5.32. The summed E-state index contributed by atoms with van der Waals surface area (Å²) in [5.74, 6) is -1.06. The maximum Gasteiger partial charge on any atom is 0.306 e. The van der Waals surface area contributed by atoms with Crippen LogP contribution in [0.15, 0.2) is 17.0 Å². The normalized spacial score (nSPS) is 17.3. The molecule has 1 aliphatic rings. The van der Waals surface area contributed by atoms with Gasteiger partial charge in [-0.1, -0.05) is 6.92 Å². The quantitative estimate of drug-likeness (QED) is 0.653. The zero-order chi connectivity index (χ0) is 15.8. The van der Waals surface area contributed by atoms with Crippen LogP contribution in [0, 0.1) is 28.3 Å². The van der Waals surface area contributed by atoms with Gasteiger partial charge in [-0.15, -0.1) is 0 Å². The van der Waals surface area contributed by atoms with Crippen LogP contribution in [0.3, 0.4) is 0 Å². The molecule has 1 fully saturated rings. The van der Waals surface area contributed by atoms with Gasteiger partial charge in [-0.2, -0.15) is 4.39 Å². The van der Waals surface area contributed by atoms with Gasteiger partial charge in [-0.25, -0.2) is 13.1 Å². The molecule has 1 saturated heterocycles. The van der Waals surface area contributed by atoms with Gasteiger partial charge in [-0.05, 0) is 18.6 Å². The first-order chi connectivity index (χ1) is 9.65. The minimum Gasteiger partial charge on any atom is -0.380 e. The summed E-state index contributed by atoms with van der Waals surface area (Å²) in [6.45, 7) is 4.28. The van der Waals surface area contributed by atoms with E-state index in [1.165, 1.54) is 6.92 Å². The Balaban J connectivity index is 2.30. The molecule has 0 bridgehead atoms. The Bertz CT molecular complexity index is 685. The molecule has 2 rings (SSSR count). The van der Waals surface area contributed by atoms with Crippen molar-refractivity contribution in [1.29, 1.82) is 0 Å². The highest BCUT2D eigenvalue weighted by Gasteiger charge is 2.35. The monoisotopic (exact) mass is 318 g/mol. The van der Waals surface area contributed by atoms with Crippen LogP contribution < -0.4 is 4.72 Å². The van der Waals surface area contributed by atoms with Crippen molar-refractivity contribution in [3.05, 3.63) is 33.6 Å². The molecule has 0 saturated carbocycles. The Labute approximate surface area is 121 Å². The summed E-state index contributed by atoms with van der Waals surface area (Å²) in [7, 11) is -3.95. The predicted molar refractivity (Wildman–Crippen MR) is 71.9 cm³/mol. The topological polar surface area (TPSA) is 98.5 Å². The fourth-order valence-corrected chi connectivity index (χ4v) is 3.41. The molecule has 116 valence electrons. The molecule has 1 aromatic rings. The molecule has 0 aromatic heterocycles. The Morgan fingerprint density at radius 3 is 2.57 bits per heavy atom. The van der Waals surface area contributed by atoms with E-state index >= 15 is 0 Å². The number of nitrogens with one attached hydrogen (secondary N) is 1. The van der Waals surface area contributed by atoms with Gasteiger partial charge in [0, 0.05) is 18.0 Å². The predicted octanol–water partition coefficient (Wildman–Crippen LogP) is 1.36. The van der Waals surface area contributed by atoms with Gasteiger partial charge in [0.15, 0.2) is 0 Å². The number of ether oxygens (including phenoxy) is 1. The van der Waals surface area contributed by atoms with E-state index in [2.05, 4.69) is 4.72 Å². The molecule has 7 nitrogen and oxygen atoms in total. The molecule has 1 aromatic carbocycles. The van der Waals surface area contributed by atoms with Crippen molar-refractivity contribution in [3.8, 4) is 0 Å². The van der Waals surface area contributed by atoms with Crippen molar-refractivity contribution in [2.75, 3.05) is 19.8 Å². The molecule has 0 atom stereocenters. The lowest BCUT2D eigenvalue weighted by Gasteiger charge is -2.37. The van der Waals surface area contributed by atoms with Crippen molar-refractivity contribution in [2.45, 2.75) is 18.7 Å². The maximum absolute atomic E-state index is 13.4. The van der Waals surface area contributed by atoms with Crippen LogP contribution in [0.1, 0.15) is 12.5 Å². The fourth-order valence-electron chi connectivity index (χ4n) is 1.97. The van der Waals surface area contributed by atoms with Gasteiger partial charge in [0.1, 0.15) is 0 Å². The summed E-state index contributed by atoms with van der Waals surface area (Å²) in [5, 5.41) is 10.7. The zero-order valence-corrected chi connectivity index (χ0v) is 12.4. The molecular formula is C12H15FN2O5S. The van der Waals surface area contributed by atoms with Gasteiger partial charge in [0.05, 0.1) is 23.0 Å². The van der Waals surface area contributed by atoms with E-state index in [4.69, 9.17) is 4.74 Å². The summed E-state index contributed by atoms with van der Waals surface area (Å²) < 4.78 is 45.3. The van der Waals surface area contributed by atoms with E-state index in [1.54, 1.807) is 0 Å². The molecule has 0 unspecified atom stereocenters. The Morgan fingerprint density at radius 1 is 1.48 bits per heavy atom. The van der Waals surface area contributed by atoms with Gasteiger partial charge < -0.3 is 4.74 Å². The molecular weight excluding hydrogens is 303 g/mol. The maximum atomic E-state index is 13.4. The van der Waals surface area contributed by atoms with E-state index < -0.39 is 26.5 Å². The molecule has 0 aliphatic carbocycles. The van der Waals surface area contributed by atoms with E-state index in [0.717, 1.165) is 12.1 Å². The second-order valence-electron chi connectivity index (χ2n) is 5.45. The molecule has 21 heavy (non-hydrogen) atoms.